The number of aliphatic hydroxyl groups excluding tert-OH is 1. The van der Waals surface area contributed by atoms with Crippen molar-refractivity contribution in [3.05, 3.63) is 54.3 Å². The van der Waals surface area contributed by atoms with Crippen molar-refractivity contribution in [3.63, 3.8) is 0 Å². The predicted octanol–water partition coefficient (Wildman–Crippen LogP) is -0.421. The maximum atomic E-state index is 12.4. The lowest BCUT2D eigenvalue weighted by molar-refractivity contribution is -0.143. The van der Waals surface area contributed by atoms with Crippen LogP contribution in [-0.4, -0.2) is 141 Å². The van der Waals surface area contributed by atoms with Gasteiger partial charge in [-0.2, -0.15) is 0 Å². The van der Waals surface area contributed by atoms with Gasteiger partial charge in [0.2, 0.25) is 5.91 Å². The SMILES string of the molecule is C.CCO.CCOC(=O)Cn1cnc2c1c(=O)n(C)c(=O)n2C.Cn1c(=O)c2c(ncn2CC(=O)NCCCN2CCCCC2)n(C)c1=O.NCCCN1CCCCC1.O=CO. The highest BCUT2D eigenvalue weighted by Crippen LogP contribution is 2.10. The Labute approximate surface area is 361 Å². The van der Waals surface area contributed by atoms with Crippen LogP contribution in [0.2, 0.25) is 0 Å². The summed E-state index contributed by atoms with van der Waals surface area (Å²) in [7, 11) is 5.88. The van der Waals surface area contributed by atoms with Crippen molar-refractivity contribution < 1.29 is 29.3 Å². The monoisotopic (exact) mass is 879 g/mol. The molecule has 2 saturated heterocycles. The Bertz CT molecular complexity index is 2210. The molecule has 1 amide bonds. The Morgan fingerprint density at radius 3 is 1.55 bits per heavy atom. The number of hydrogen-bond donors (Lipinski definition) is 4. The van der Waals surface area contributed by atoms with Crippen molar-refractivity contribution in [2.75, 3.05) is 65.6 Å². The van der Waals surface area contributed by atoms with Crippen LogP contribution in [-0.2, 0) is 60.4 Å². The molecule has 22 nitrogen and oxygen atoms in total. The number of carbonyl (C=O) groups is 3. The van der Waals surface area contributed by atoms with Crippen LogP contribution in [0, 0.1) is 0 Å². The topological polar surface area (TPSA) is 269 Å². The molecule has 6 heterocycles. The van der Waals surface area contributed by atoms with Gasteiger partial charge in [-0.3, -0.25) is 42.2 Å². The number of nitrogens with zero attached hydrogens (tertiary/aromatic N) is 10. The number of likely N-dealkylation sites (tertiary alicyclic amines) is 2. The van der Waals surface area contributed by atoms with Gasteiger partial charge in [0.1, 0.15) is 13.1 Å². The molecule has 0 atom stereocenters. The van der Waals surface area contributed by atoms with Crippen molar-refractivity contribution in [1.29, 1.82) is 0 Å². The summed E-state index contributed by atoms with van der Waals surface area (Å²) >= 11 is 0. The van der Waals surface area contributed by atoms with Crippen LogP contribution in [0.1, 0.15) is 72.6 Å². The Morgan fingerprint density at radius 1 is 0.742 bits per heavy atom. The van der Waals surface area contributed by atoms with Crippen molar-refractivity contribution in [1.82, 2.24) is 52.5 Å². The van der Waals surface area contributed by atoms with Gasteiger partial charge in [-0.1, -0.05) is 20.3 Å². The van der Waals surface area contributed by atoms with E-state index in [-0.39, 0.29) is 68.4 Å². The average Bonchev–Trinajstić information content (AvgIpc) is 3.88. The highest BCUT2D eigenvalue weighted by Gasteiger charge is 2.18. The number of hydrogen-bond acceptors (Lipinski definition) is 14. The molecule has 62 heavy (non-hydrogen) atoms. The zero-order valence-corrected chi connectivity index (χ0v) is 36.6. The average molecular weight is 879 g/mol. The van der Waals surface area contributed by atoms with Gasteiger partial charge in [0.25, 0.3) is 17.6 Å². The van der Waals surface area contributed by atoms with Gasteiger partial charge < -0.3 is 44.9 Å². The quantitative estimate of drug-likeness (QED) is 0.0800. The van der Waals surface area contributed by atoms with Gasteiger partial charge >= 0.3 is 17.3 Å². The molecule has 2 aliphatic heterocycles. The summed E-state index contributed by atoms with van der Waals surface area (Å²) in [6.07, 6.45) is 12.9. The summed E-state index contributed by atoms with van der Waals surface area (Å²) in [4.78, 5) is 93.2. The number of carbonyl (C=O) groups excluding carboxylic acids is 2. The second-order valence-corrected chi connectivity index (χ2v) is 14.4. The van der Waals surface area contributed by atoms with Crippen molar-refractivity contribution in [3.8, 4) is 0 Å². The molecule has 22 heteroatoms. The summed E-state index contributed by atoms with van der Waals surface area (Å²) in [5.74, 6) is -0.628. The maximum absolute atomic E-state index is 12.4. The van der Waals surface area contributed by atoms with Crippen molar-refractivity contribution in [2.45, 2.75) is 85.7 Å². The molecular formula is C40H70N12O10. The fraction of sp³-hybridized carbons (Fsp3) is 0.675. The molecule has 6 rings (SSSR count). The molecular weight excluding hydrogens is 809 g/mol. The number of carboxylic acid groups (broad SMARTS) is 1. The van der Waals surface area contributed by atoms with Crippen LogP contribution in [0.25, 0.3) is 22.3 Å². The van der Waals surface area contributed by atoms with E-state index in [0.29, 0.717) is 6.54 Å². The van der Waals surface area contributed by atoms with E-state index in [4.69, 9.17) is 25.5 Å². The van der Waals surface area contributed by atoms with Gasteiger partial charge in [0, 0.05) is 41.3 Å². The van der Waals surface area contributed by atoms with E-state index >= 15 is 0 Å². The van der Waals surface area contributed by atoms with E-state index in [2.05, 4.69) is 25.1 Å². The summed E-state index contributed by atoms with van der Waals surface area (Å²) in [6, 6.07) is 0. The molecule has 0 saturated carbocycles. The first-order valence-corrected chi connectivity index (χ1v) is 20.7. The number of aryl methyl sites for hydroxylation is 2. The third kappa shape index (κ3) is 16.1. The molecule has 0 aromatic carbocycles. The summed E-state index contributed by atoms with van der Waals surface area (Å²) in [6.45, 7) is 12.1. The zero-order valence-electron chi connectivity index (χ0n) is 36.6. The largest absolute Gasteiger partial charge is 0.483 e. The van der Waals surface area contributed by atoms with Crippen molar-refractivity contribution in [2.24, 2.45) is 33.9 Å². The number of ether oxygens (including phenoxy) is 1. The Hall–Kier alpha value is -5.45. The number of esters is 1. The lowest BCUT2D eigenvalue weighted by atomic mass is 10.1. The van der Waals surface area contributed by atoms with Crippen LogP contribution in [0.3, 0.4) is 0 Å². The lowest BCUT2D eigenvalue weighted by Crippen LogP contribution is -2.38. The number of piperidine rings is 2. The molecule has 5 N–H and O–H groups in total. The van der Waals surface area contributed by atoms with E-state index < -0.39 is 28.5 Å². The third-order valence-electron chi connectivity index (χ3n) is 9.90. The summed E-state index contributed by atoms with van der Waals surface area (Å²) in [5.41, 5.74) is 4.60. The second kappa shape index (κ2) is 29.0. The van der Waals surface area contributed by atoms with E-state index in [1.165, 1.54) is 117 Å². The van der Waals surface area contributed by atoms with Crippen LogP contribution < -0.4 is 33.5 Å². The number of aromatic nitrogens is 8. The number of imidazole rings is 2. The normalized spacial score (nSPS) is 13.7. The molecule has 0 bridgehead atoms. The van der Waals surface area contributed by atoms with Crippen LogP contribution in [0.4, 0.5) is 0 Å². The van der Waals surface area contributed by atoms with E-state index in [1.807, 2.05) is 0 Å². The predicted molar refractivity (Wildman–Crippen MR) is 237 cm³/mol. The highest BCUT2D eigenvalue weighted by atomic mass is 16.5. The molecule has 0 aliphatic carbocycles. The fourth-order valence-electron chi connectivity index (χ4n) is 6.80. The number of nitrogens with one attached hydrogen (secondary N) is 1. The van der Waals surface area contributed by atoms with Gasteiger partial charge in [0.15, 0.2) is 22.3 Å². The smallest absolute Gasteiger partial charge is 0.332 e. The molecule has 4 aromatic heterocycles. The van der Waals surface area contributed by atoms with Gasteiger partial charge in [-0.05, 0) is 98.2 Å². The van der Waals surface area contributed by atoms with E-state index in [9.17, 15) is 28.8 Å². The van der Waals surface area contributed by atoms with Crippen LogP contribution in [0.15, 0.2) is 31.8 Å². The van der Waals surface area contributed by atoms with Gasteiger partial charge in [-0.25, -0.2) is 19.6 Å². The molecule has 0 radical (unpaired) electrons. The molecule has 0 spiro atoms. The number of aliphatic hydroxyl groups is 1. The number of nitrogens with two attached hydrogens (primary N) is 1. The molecule has 350 valence electrons. The minimum absolute atomic E-state index is 0. The zero-order chi connectivity index (χ0) is 45.5. The van der Waals surface area contributed by atoms with Gasteiger partial charge in [0.05, 0.1) is 19.3 Å². The summed E-state index contributed by atoms with van der Waals surface area (Å²) < 4.78 is 12.3. The van der Waals surface area contributed by atoms with Crippen LogP contribution >= 0.6 is 0 Å². The number of fused-ring (bicyclic) bond motifs is 2. The molecule has 2 aliphatic rings. The first kappa shape index (κ1) is 54.6. The summed E-state index contributed by atoms with van der Waals surface area (Å²) in [5, 5.41) is 17.4. The highest BCUT2D eigenvalue weighted by molar-refractivity contribution is 5.79. The van der Waals surface area contributed by atoms with Crippen LogP contribution in [0.5, 0.6) is 0 Å². The first-order chi connectivity index (χ1) is 29.2. The first-order valence-electron chi connectivity index (χ1n) is 20.7. The fourth-order valence-corrected chi connectivity index (χ4v) is 6.80. The van der Waals surface area contributed by atoms with Crippen molar-refractivity contribution >= 4 is 40.7 Å². The van der Waals surface area contributed by atoms with E-state index in [0.717, 1.165) is 41.7 Å². The van der Waals surface area contributed by atoms with E-state index in [1.54, 1.807) is 20.9 Å². The second-order valence-electron chi connectivity index (χ2n) is 14.4. The Morgan fingerprint density at radius 2 is 1.15 bits per heavy atom. The van der Waals surface area contributed by atoms with Gasteiger partial charge in [-0.15, -0.1) is 0 Å². The molecule has 0 unspecified atom stereocenters. The number of rotatable bonds is 12. The molecule has 4 aromatic rings. The third-order valence-corrected chi connectivity index (χ3v) is 9.90. The number of amides is 1. The standard InChI is InChI=1S/C17H26N6O3.C11H14N4O4.C8H18N2.C2H6O.CH2O2.CH4/c1-20-15-14(16(25)21(2)17(20)26)23(12-19-15)11-13(24)18-7-6-10-22-8-4-3-5-9-22;1-4-19-7(16)5-15-6-12-9-8(15)10(17)14(3)11(18)13(9)2;9-5-4-8-10-6-2-1-3-7-10;1-2-3;2-1-3;/h12H,3-11H2,1-2H3,(H,18,24);6H,4-5H2,1-3H3;1-9H2;3H,2H2,1H3;1H,(H,2,3);1H4. The maximum Gasteiger partial charge on any atom is 0.332 e. The Kier molecular flexibility index (Phi) is 25.5. The molecule has 2 fully saturated rings. The minimum atomic E-state index is -0.486. The lowest BCUT2D eigenvalue weighted by Gasteiger charge is -2.26. The Balaban J connectivity index is 0.000000466. The minimum Gasteiger partial charge on any atom is -0.483 e.